The highest BCUT2D eigenvalue weighted by Crippen LogP contribution is 2.29. The minimum atomic E-state index is -0.550. The molecule has 0 unspecified atom stereocenters. The van der Waals surface area contributed by atoms with E-state index in [1.165, 1.54) is 42.0 Å². The first kappa shape index (κ1) is 18.8. The van der Waals surface area contributed by atoms with Crippen LogP contribution < -0.4 is 10.9 Å². The van der Waals surface area contributed by atoms with Gasteiger partial charge in [0.2, 0.25) is 5.82 Å². The molecule has 0 atom stereocenters. The average Bonchev–Trinajstić information content (AvgIpc) is 2.70. The maximum atomic E-state index is 11.8. The zero-order valence-electron chi connectivity index (χ0n) is 15.1. The van der Waals surface area contributed by atoms with E-state index in [1.54, 1.807) is 31.3 Å². The van der Waals surface area contributed by atoms with E-state index in [0.29, 0.717) is 22.6 Å². The van der Waals surface area contributed by atoms with Crippen LogP contribution in [-0.4, -0.2) is 27.6 Å². The minimum absolute atomic E-state index is 0.0182. The largest absolute Gasteiger partial charge is 0.465 e. The zero-order valence-corrected chi connectivity index (χ0v) is 15.1. The number of hydrogen-bond acceptors (Lipinski definition) is 7. The van der Waals surface area contributed by atoms with Crippen LogP contribution in [0, 0.1) is 10.1 Å². The Kier molecular flexibility index (Phi) is 5.16. The summed E-state index contributed by atoms with van der Waals surface area (Å²) < 4.78 is 6.05. The first-order chi connectivity index (χ1) is 13.4. The number of methoxy groups -OCH3 is 1. The molecule has 2 heterocycles. The number of rotatable bonds is 5. The van der Waals surface area contributed by atoms with Crippen molar-refractivity contribution in [3.63, 3.8) is 0 Å². The number of nitrogens with zero attached hydrogens (tertiary/aromatic N) is 3. The van der Waals surface area contributed by atoms with E-state index in [9.17, 15) is 19.7 Å². The van der Waals surface area contributed by atoms with E-state index < -0.39 is 10.9 Å². The highest BCUT2D eigenvalue weighted by Gasteiger charge is 2.18. The van der Waals surface area contributed by atoms with Crippen molar-refractivity contribution in [1.82, 2.24) is 9.55 Å². The molecule has 2 aromatic heterocycles. The highest BCUT2D eigenvalue weighted by molar-refractivity contribution is 5.89. The Morgan fingerprint density at radius 2 is 1.86 bits per heavy atom. The fraction of sp³-hybridized carbons (Fsp3) is 0.105. The van der Waals surface area contributed by atoms with E-state index in [1.807, 2.05) is 0 Å². The molecule has 0 saturated carbocycles. The molecule has 0 aliphatic heterocycles. The molecule has 28 heavy (non-hydrogen) atoms. The molecule has 9 nitrogen and oxygen atoms in total. The number of carbonyl (C=O) groups excluding carboxylic acids is 1. The SMILES string of the molecule is COC(=O)c1ccc(Nc2nc(-c3cccc(=O)n3C)ccc2[N+](=O)[O-])cc1. The normalized spacial score (nSPS) is 10.4. The van der Waals surface area contributed by atoms with Crippen LogP contribution in [0.2, 0.25) is 0 Å². The van der Waals surface area contributed by atoms with Gasteiger partial charge in [0.25, 0.3) is 5.56 Å². The van der Waals surface area contributed by atoms with E-state index in [2.05, 4.69) is 15.0 Å². The number of benzene rings is 1. The van der Waals surface area contributed by atoms with Crippen molar-refractivity contribution >= 4 is 23.2 Å². The quantitative estimate of drug-likeness (QED) is 0.411. The molecule has 9 heteroatoms. The molecule has 0 aliphatic rings. The van der Waals surface area contributed by atoms with Gasteiger partial charge in [-0.15, -0.1) is 0 Å². The van der Waals surface area contributed by atoms with Crippen LogP contribution >= 0.6 is 0 Å². The summed E-state index contributed by atoms with van der Waals surface area (Å²) in [5.74, 6) is -0.465. The van der Waals surface area contributed by atoms with Crippen LogP contribution in [0.15, 0.2) is 59.4 Å². The van der Waals surface area contributed by atoms with Crippen molar-refractivity contribution in [3.05, 3.63) is 80.6 Å². The summed E-state index contributed by atoms with van der Waals surface area (Å²) in [6.45, 7) is 0. The highest BCUT2D eigenvalue weighted by atomic mass is 16.6. The summed E-state index contributed by atoms with van der Waals surface area (Å²) in [5, 5.41) is 14.3. The van der Waals surface area contributed by atoms with Gasteiger partial charge in [0.1, 0.15) is 0 Å². The van der Waals surface area contributed by atoms with Gasteiger partial charge in [0, 0.05) is 24.9 Å². The van der Waals surface area contributed by atoms with Crippen LogP contribution in [0.3, 0.4) is 0 Å². The molecule has 0 saturated heterocycles. The lowest BCUT2D eigenvalue weighted by atomic mass is 10.2. The lowest BCUT2D eigenvalue weighted by molar-refractivity contribution is -0.384. The van der Waals surface area contributed by atoms with Crippen LogP contribution in [0.25, 0.3) is 11.4 Å². The maximum Gasteiger partial charge on any atom is 0.337 e. The summed E-state index contributed by atoms with van der Waals surface area (Å²) in [6.07, 6.45) is 0. The Labute approximate surface area is 159 Å². The van der Waals surface area contributed by atoms with Gasteiger partial charge >= 0.3 is 11.7 Å². The van der Waals surface area contributed by atoms with Crippen molar-refractivity contribution in [1.29, 1.82) is 0 Å². The van der Waals surface area contributed by atoms with Gasteiger partial charge in [-0.1, -0.05) is 6.07 Å². The summed E-state index contributed by atoms with van der Waals surface area (Å²) in [5.41, 5.74) is 1.34. The van der Waals surface area contributed by atoms with Gasteiger partial charge in [-0.25, -0.2) is 9.78 Å². The summed E-state index contributed by atoms with van der Waals surface area (Å²) in [4.78, 5) is 38.5. The Bertz CT molecular complexity index is 1110. The van der Waals surface area contributed by atoms with E-state index >= 15 is 0 Å². The Balaban J connectivity index is 2.01. The molecule has 0 amide bonds. The second kappa shape index (κ2) is 7.70. The van der Waals surface area contributed by atoms with Crippen LogP contribution in [0.1, 0.15) is 10.4 Å². The standard InChI is InChI=1S/C19H16N4O5/c1-22-15(4-3-5-17(22)24)14-10-11-16(23(26)27)18(21-14)20-13-8-6-12(7-9-13)19(25)28-2/h3-11H,1-2H3,(H,20,21). The van der Waals surface area contributed by atoms with Crippen LogP contribution in [0.5, 0.6) is 0 Å². The molecular formula is C19H16N4O5. The number of nitro groups is 1. The van der Waals surface area contributed by atoms with Gasteiger partial charge in [-0.2, -0.15) is 0 Å². The number of hydrogen-bond donors (Lipinski definition) is 1. The number of carbonyl (C=O) groups is 1. The molecular weight excluding hydrogens is 364 g/mol. The molecule has 142 valence electrons. The first-order valence-corrected chi connectivity index (χ1v) is 8.18. The molecule has 0 radical (unpaired) electrons. The third-order valence-corrected chi connectivity index (χ3v) is 4.09. The van der Waals surface area contributed by atoms with Crippen molar-refractivity contribution in [2.24, 2.45) is 7.05 Å². The summed E-state index contributed by atoms with van der Waals surface area (Å²) in [7, 11) is 2.88. The second-order valence-electron chi connectivity index (χ2n) is 5.82. The Morgan fingerprint density at radius 1 is 1.14 bits per heavy atom. The smallest absolute Gasteiger partial charge is 0.337 e. The van der Waals surface area contributed by atoms with Gasteiger partial charge in [-0.05, 0) is 36.4 Å². The maximum absolute atomic E-state index is 11.8. The van der Waals surface area contributed by atoms with Crippen LogP contribution in [-0.2, 0) is 11.8 Å². The van der Waals surface area contributed by atoms with Crippen LogP contribution in [0.4, 0.5) is 17.2 Å². The fourth-order valence-electron chi connectivity index (χ4n) is 2.60. The predicted molar refractivity (Wildman–Crippen MR) is 103 cm³/mol. The third kappa shape index (κ3) is 3.73. The molecule has 3 aromatic rings. The molecule has 0 aliphatic carbocycles. The number of nitrogens with one attached hydrogen (secondary N) is 1. The molecule has 1 N–H and O–H groups in total. The lowest BCUT2D eigenvalue weighted by Gasteiger charge is -2.11. The summed E-state index contributed by atoms with van der Waals surface area (Å²) in [6, 6.07) is 13.8. The molecule has 1 aromatic carbocycles. The Morgan fingerprint density at radius 3 is 2.50 bits per heavy atom. The molecule has 0 fully saturated rings. The molecule has 3 rings (SSSR count). The van der Waals surface area contributed by atoms with Gasteiger partial charge in [-0.3, -0.25) is 14.9 Å². The number of esters is 1. The predicted octanol–water partition coefficient (Wildman–Crippen LogP) is 2.89. The third-order valence-electron chi connectivity index (χ3n) is 4.09. The monoisotopic (exact) mass is 380 g/mol. The zero-order chi connectivity index (χ0) is 20.3. The van der Waals surface area contributed by atoms with Crippen molar-refractivity contribution in [2.45, 2.75) is 0 Å². The molecule has 0 spiro atoms. The van der Waals surface area contributed by atoms with Gasteiger partial charge in [0.05, 0.1) is 29.0 Å². The van der Waals surface area contributed by atoms with E-state index in [4.69, 9.17) is 0 Å². The number of aromatic nitrogens is 2. The lowest BCUT2D eigenvalue weighted by Crippen LogP contribution is -2.17. The van der Waals surface area contributed by atoms with Crippen molar-refractivity contribution in [2.75, 3.05) is 12.4 Å². The average molecular weight is 380 g/mol. The van der Waals surface area contributed by atoms with Gasteiger partial charge < -0.3 is 14.6 Å². The number of pyridine rings is 2. The van der Waals surface area contributed by atoms with Crippen molar-refractivity contribution < 1.29 is 14.5 Å². The van der Waals surface area contributed by atoms with E-state index in [0.717, 1.165) is 0 Å². The first-order valence-electron chi connectivity index (χ1n) is 8.18. The Hall–Kier alpha value is -4.01. The van der Waals surface area contributed by atoms with E-state index in [-0.39, 0.29) is 17.1 Å². The number of ether oxygens (including phenoxy) is 1. The topological polar surface area (TPSA) is 116 Å². The molecule has 0 bridgehead atoms. The minimum Gasteiger partial charge on any atom is -0.465 e. The number of anilines is 2. The van der Waals surface area contributed by atoms with Crippen molar-refractivity contribution in [3.8, 4) is 11.4 Å². The van der Waals surface area contributed by atoms with Gasteiger partial charge in [0.15, 0.2) is 0 Å². The second-order valence-corrected chi connectivity index (χ2v) is 5.82. The fourth-order valence-corrected chi connectivity index (χ4v) is 2.60. The summed E-state index contributed by atoms with van der Waals surface area (Å²) >= 11 is 0.